The van der Waals surface area contributed by atoms with Crippen molar-refractivity contribution in [2.45, 2.75) is 33.9 Å². The first kappa shape index (κ1) is 22.2. The normalized spacial score (nSPS) is 10.7. The van der Waals surface area contributed by atoms with Crippen molar-refractivity contribution in [3.63, 3.8) is 0 Å². The van der Waals surface area contributed by atoms with Crippen LogP contribution in [0.4, 0.5) is 4.39 Å². The Bertz CT molecular complexity index is 1060. The first-order chi connectivity index (χ1) is 14.9. The molecule has 1 amide bonds. The fourth-order valence-corrected chi connectivity index (χ4v) is 3.43. The lowest BCUT2D eigenvalue weighted by Crippen LogP contribution is -2.34. The van der Waals surface area contributed by atoms with E-state index in [1.165, 1.54) is 17.0 Å². The average Bonchev–Trinajstić information content (AvgIpc) is 3.03. The van der Waals surface area contributed by atoms with Crippen molar-refractivity contribution in [1.29, 1.82) is 0 Å². The predicted octanol–water partition coefficient (Wildman–Crippen LogP) is 3.89. The minimum absolute atomic E-state index is 0.248. The smallest absolute Gasteiger partial charge is 0.342 e. The molecule has 0 radical (unpaired) electrons. The van der Waals surface area contributed by atoms with Gasteiger partial charge in [-0.1, -0.05) is 42.5 Å². The molecule has 1 heterocycles. The maximum Gasteiger partial charge on any atom is 0.342 e. The minimum atomic E-state index is -0.579. The van der Waals surface area contributed by atoms with Gasteiger partial charge < -0.3 is 9.64 Å². The second-order valence-electron chi connectivity index (χ2n) is 7.30. The molecule has 0 bridgehead atoms. The Kier molecular flexibility index (Phi) is 7.18. The second kappa shape index (κ2) is 10.0. The molecule has 1 aromatic heterocycles. The summed E-state index contributed by atoms with van der Waals surface area (Å²) in [6.07, 6.45) is 0. The van der Waals surface area contributed by atoms with Crippen molar-refractivity contribution in [3.05, 3.63) is 88.5 Å². The molecule has 7 heteroatoms. The van der Waals surface area contributed by atoms with E-state index in [2.05, 4.69) is 5.10 Å². The molecule has 0 unspecified atom stereocenters. The number of hydrogen-bond acceptors (Lipinski definition) is 4. The third-order valence-electron chi connectivity index (χ3n) is 5.08. The van der Waals surface area contributed by atoms with Crippen LogP contribution < -0.4 is 0 Å². The Hall–Kier alpha value is -3.48. The van der Waals surface area contributed by atoms with Gasteiger partial charge in [-0.25, -0.2) is 9.18 Å². The maximum atomic E-state index is 13.4. The fraction of sp³-hybridized carbons (Fsp3) is 0.292. The molecule has 0 fully saturated rings. The number of nitrogens with zero attached hydrogens (tertiary/aromatic N) is 3. The highest BCUT2D eigenvalue weighted by Gasteiger charge is 2.22. The molecule has 0 aliphatic rings. The van der Waals surface area contributed by atoms with E-state index in [0.29, 0.717) is 35.6 Å². The van der Waals surface area contributed by atoms with Gasteiger partial charge in [-0.05, 0) is 44.0 Å². The Morgan fingerprint density at radius 1 is 1.06 bits per heavy atom. The third-order valence-corrected chi connectivity index (χ3v) is 5.08. The third kappa shape index (κ3) is 5.57. The number of hydrogen-bond donors (Lipinski definition) is 0. The molecule has 0 N–H and O–H groups in total. The van der Waals surface area contributed by atoms with Crippen LogP contribution in [0.25, 0.3) is 0 Å². The molecule has 6 nitrogen and oxygen atoms in total. The number of carbonyl (C=O) groups is 2. The van der Waals surface area contributed by atoms with Crippen LogP contribution in [-0.2, 0) is 22.6 Å². The molecule has 31 heavy (non-hydrogen) atoms. The molecule has 0 aliphatic carbocycles. The number of halogens is 1. The predicted molar refractivity (Wildman–Crippen MR) is 115 cm³/mol. The molecule has 162 valence electrons. The topological polar surface area (TPSA) is 64.4 Å². The van der Waals surface area contributed by atoms with E-state index in [1.807, 2.05) is 44.2 Å². The molecule has 0 saturated heterocycles. The van der Waals surface area contributed by atoms with Crippen LogP contribution in [0.3, 0.4) is 0 Å². The van der Waals surface area contributed by atoms with Crippen molar-refractivity contribution in [1.82, 2.24) is 14.7 Å². The number of esters is 1. The summed E-state index contributed by atoms with van der Waals surface area (Å²) in [6.45, 7) is 6.19. The highest BCUT2D eigenvalue weighted by Crippen LogP contribution is 2.16. The van der Waals surface area contributed by atoms with Crippen LogP contribution in [0, 0.1) is 19.7 Å². The number of likely N-dealkylation sites (N-methyl/N-ethyl adjacent to an activating group) is 1. The van der Waals surface area contributed by atoms with E-state index in [-0.39, 0.29) is 24.9 Å². The number of aromatic nitrogens is 2. The standard InChI is InChI=1S/C24H26FN3O3/c1-4-27(14-20-11-8-12-21(25)13-20)22(29)16-31-24(30)23-17(2)26-28(18(23)3)15-19-9-6-5-7-10-19/h5-13H,4,14-16H2,1-3H3. The molecule has 3 aromatic rings. The summed E-state index contributed by atoms with van der Waals surface area (Å²) < 4.78 is 20.5. The zero-order valence-corrected chi connectivity index (χ0v) is 18.0. The minimum Gasteiger partial charge on any atom is -0.452 e. The average molecular weight is 423 g/mol. The van der Waals surface area contributed by atoms with Gasteiger partial charge in [0.25, 0.3) is 5.91 Å². The number of aryl methyl sites for hydroxylation is 1. The highest BCUT2D eigenvalue weighted by atomic mass is 19.1. The Morgan fingerprint density at radius 2 is 1.77 bits per heavy atom. The van der Waals surface area contributed by atoms with Crippen LogP contribution in [0.2, 0.25) is 0 Å². The maximum absolute atomic E-state index is 13.4. The zero-order valence-electron chi connectivity index (χ0n) is 18.0. The molecule has 0 atom stereocenters. The van der Waals surface area contributed by atoms with Gasteiger partial charge >= 0.3 is 5.97 Å². The van der Waals surface area contributed by atoms with E-state index in [9.17, 15) is 14.0 Å². The van der Waals surface area contributed by atoms with Crippen LogP contribution in [-0.4, -0.2) is 39.7 Å². The van der Waals surface area contributed by atoms with Gasteiger partial charge in [0.1, 0.15) is 11.4 Å². The lowest BCUT2D eigenvalue weighted by Gasteiger charge is -2.21. The molecule has 3 rings (SSSR count). The van der Waals surface area contributed by atoms with Gasteiger partial charge in [0.2, 0.25) is 0 Å². The van der Waals surface area contributed by atoms with Crippen molar-refractivity contribution in [2.24, 2.45) is 0 Å². The monoisotopic (exact) mass is 423 g/mol. The first-order valence-electron chi connectivity index (χ1n) is 10.2. The molecular weight excluding hydrogens is 397 g/mol. The van der Waals surface area contributed by atoms with Crippen LogP contribution >= 0.6 is 0 Å². The van der Waals surface area contributed by atoms with Crippen LogP contribution in [0.15, 0.2) is 54.6 Å². The molecule has 2 aromatic carbocycles. The number of amides is 1. The highest BCUT2D eigenvalue weighted by molar-refractivity contribution is 5.93. The summed E-state index contributed by atoms with van der Waals surface area (Å²) in [7, 11) is 0. The Balaban J connectivity index is 1.63. The van der Waals surface area contributed by atoms with E-state index >= 15 is 0 Å². The summed E-state index contributed by atoms with van der Waals surface area (Å²) in [5, 5.41) is 4.45. The van der Waals surface area contributed by atoms with E-state index < -0.39 is 5.97 Å². The number of carbonyl (C=O) groups excluding carboxylic acids is 2. The van der Waals surface area contributed by atoms with Crippen molar-refractivity contribution in [2.75, 3.05) is 13.2 Å². The van der Waals surface area contributed by atoms with Gasteiger partial charge in [-0.2, -0.15) is 5.10 Å². The van der Waals surface area contributed by atoms with Crippen molar-refractivity contribution in [3.8, 4) is 0 Å². The second-order valence-corrected chi connectivity index (χ2v) is 7.30. The SMILES string of the molecule is CCN(Cc1cccc(F)c1)C(=O)COC(=O)c1c(C)nn(Cc2ccccc2)c1C. The number of benzene rings is 2. The summed E-state index contributed by atoms with van der Waals surface area (Å²) in [6, 6.07) is 15.9. The van der Waals surface area contributed by atoms with E-state index in [1.54, 1.807) is 23.7 Å². The van der Waals surface area contributed by atoms with E-state index in [0.717, 1.165) is 5.56 Å². The lowest BCUT2D eigenvalue weighted by atomic mass is 10.2. The molecule has 0 saturated carbocycles. The lowest BCUT2D eigenvalue weighted by molar-refractivity contribution is -0.134. The first-order valence-corrected chi connectivity index (χ1v) is 10.2. The quantitative estimate of drug-likeness (QED) is 0.516. The van der Waals surface area contributed by atoms with Crippen molar-refractivity contribution >= 4 is 11.9 Å². The molecular formula is C24H26FN3O3. The number of rotatable bonds is 8. The summed E-state index contributed by atoms with van der Waals surface area (Å²) >= 11 is 0. The summed E-state index contributed by atoms with van der Waals surface area (Å²) in [5.41, 5.74) is 3.36. The van der Waals surface area contributed by atoms with Gasteiger partial charge in [-0.15, -0.1) is 0 Å². The van der Waals surface area contributed by atoms with Gasteiger partial charge in [0.05, 0.1) is 17.9 Å². The van der Waals surface area contributed by atoms with Gasteiger partial charge in [0, 0.05) is 13.1 Å². The summed E-state index contributed by atoms with van der Waals surface area (Å²) in [5.74, 6) is -1.28. The largest absolute Gasteiger partial charge is 0.452 e. The van der Waals surface area contributed by atoms with Gasteiger partial charge in [-0.3, -0.25) is 9.48 Å². The Labute approximate surface area is 181 Å². The van der Waals surface area contributed by atoms with Crippen LogP contribution in [0.5, 0.6) is 0 Å². The van der Waals surface area contributed by atoms with Crippen LogP contribution in [0.1, 0.15) is 39.8 Å². The summed E-state index contributed by atoms with van der Waals surface area (Å²) in [4.78, 5) is 26.7. The zero-order chi connectivity index (χ0) is 22.4. The fourth-order valence-electron chi connectivity index (χ4n) is 3.43. The van der Waals surface area contributed by atoms with Crippen molar-refractivity contribution < 1.29 is 18.7 Å². The molecule has 0 aliphatic heterocycles. The van der Waals surface area contributed by atoms with Gasteiger partial charge in [0.15, 0.2) is 6.61 Å². The Morgan fingerprint density at radius 3 is 2.45 bits per heavy atom. The number of ether oxygens (including phenoxy) is 1. The van der Waals surface area contributed by atoms with E-state index in [4.69, 9.17) is 4.74 Å². The molecule has 0 spiro atoms.